The van der Waals surface area contributed by atoms with Gasteiger partial charge < -0.3 is 15.2 Å². The lowest BCUT2D eigenvalue weighted by atomic mass is 10.0. The zero-order valence-electron chi connectivity index (χ0n) is 7.40. The van der Waals surface area contributed by atoms with E-state index in [1.807, 2.05) is 24.3 Å². The number of hydrogen-bond donors (Lipinski definition) is 1. The molecule has 0 radical (unpaired) electrons. The second-order valence-corrected chi connectivity index (χ2v) is 3.10. The van der Waals surface area contributed by atoms with Crippen LogP contribution < -0.4 is 5.73 Å². The second-order valence-electron chi connectivity index (χ2n) is 3.10. The second kappa shape index (κ2) is 3.77. The van der Waals surface area contributed by atoms with E-state index >= 15 is 0 Å². The van der Waals surface area contributed by atoms with Crippen molar-refractivity contribution in [2.45, 2.75) is 12.5 Å². The van der Waals surface area contributed by atoms with E-state index in [2.05, 4.69) is 0 Å². The van der Waals surface area contributed by atoms with Gasteiger partial charge in [-0.3, -0.25) is 0 Å². The Morgan fingerprint density at radius 3 is 2.85 bits per heavy atom. The Bertz CT molecular complexity index is 282. The van der Waals surface area contributed by atoms with Crippen LogP contribution in [0.2, 0.25) is 0 Å². The molecular formula is C10H13NO2. The van der Waals surface area contributed by atoms with Crippen molar-refractivity contribution >= 4 is 5.69 Å². The Morgan fingerprint density at radius 2 is 2.15 bits per heavy atom. The summed E-state index contributed by atoms with van der Waals surface area (Å²) in [7, 11) is 0. The van der Waals surface area contributed by atoms with Gasteiger partial charge in [0.1, 0.15) is 6.79 Å². The third kappa shape index (κ3) is 1.82. The van der Waals surface area contributed by atoms with Crippen molar-refractivity contribution in [1.29, 1.82) is 0 Å². The van der Waals surface area contributed by atoms with Crippen LogP contribution in [0.3, 0.4) is 0 Å². The summed E-state index contributed by atoms with van der Waals surface area (Å²) >= 11 is 0. The number of ether oxygens (including phenoxy) is 2. The van der Waals surface area contributed by atoms with E-state index in [9.17, 15) is 0 Å². The van der Waals surface area contributed by atoms with Crippen LogP contribution in [0.15, 0.2) is 24.3 Å². The van der Waals surface area contributed by atoms with Gasteiger partial charge in [0, 0.05) is 17.7 Å². The highest BCUT2D eigenvalue weighted by Gasteiger charge is 2.17. The van der Waals surface area contributed by atoms with Crippen LogP contribution in [0.5, 0.6) is 0 Å². The lowest BCUT2D eigenvalue weighted by Gasteiger charge is -2.23. The van der Waals surface area contributed by atoms with Crippen LogP contribution >= 0.6 is 0 Å². The molecule has 0 saturated carbocycles. The highest BCUT2D eigenvalue weighted by atomic mass is 16.7. The van der Waals surface area contributed by atoms with Gasteiger partial charge in [-0.25, -0.2) is 0 Å². The first-order chi connectivity index (χ1) is 6.38. The molecule has 1 atom stereocenters. The van der Waals surface area contributed by atoms with Gasteiger partial charge in [-0.2, -0.15) is 0 Å². The minimum absolute atomic E-state index is 0.106. The Morgan fingerprint density at radius 1 is 1.31 bits per heavy atom. The van der Waals surface area contributed by atoms with E-state index in [0.29, 0.717) is 6.79 Å². The molecule has 0 aliphatic carbocycles. The third-order valence-corrected chi connectivity index (χ3v) is 2.22. The van der Waals surface area contributed by atoms with Crippen LogP contribution in [-0.4, -0.2) is 13.4 Å². The van der Waals surface area contributed by atoms with Gasteiger partial charge in [-0.15, -0.1) is 0 Å². The summed E-state index contributed by atoms with van der Waals surface area (Å²) < 4.78 is 10.5. The molecule has 70 valence electrons. The molecule has 1 fully saturated rings. The zero-order valence-corrected chi connectivity index (χ0v) is 7.40. The van der Waals surface area contributed by atoms with Crippen LogP contribution in [0.1, 0.15) is 18.1 Å². The van der Waals surface area contributed by atoms with Crippen LogP contribution in [-0.2, 0) is 9.47 Å². The van der Waals surface area contributed by atoms with Gasteiger partial charge in [-0.05, 0) is 6.07 Å². The van der Waals surface area contributed by atoms with Crippen LogP contribution in [0.4, 0.5) is 5.69 Å². The maximum Gasteiger partial charge on any atom is 0.147 e. The van der Waals surface area contributed by atoms with Gasteiger partial charge in [0.25, 0.3) is 0 Å². The van der Waals surface area contributed by atoms with Gasteiger partial charge in [0.15, 0.2) is 0 Å². The van der Waals surface area contributed by atoms with Gasteiger partial charge >= 0.3 is 0 Å². The summed E-state index contributed by atoms with van der Waals surface area (Å²) in [5.41, 5.74) is 7.71. The Labute approximate surface area is 77.5 Å². The van der Waals surface area contributed by atoms with E-state index in [1.54, 1.807) is 0 Å². The molecule has 13 heavy (non-hydrogen) atoms. The summed E-state index contributed by atoms with van der Waals surface area (Å²) in [5.74, 6) is 0. The predicted octanol–water partition coefficient (Wildman–Crippen LogP) is 1.70. The van der Waals surface area contributed by atoms with Crippen molar-refractivity contribution in [3.05, 3.63) is 29.8 Å². The smallest absolute Gasteiger partial charge is 0.147 e. The molecule has 1 aliphatic heterocycles. The summed E-state index contributed by atoms with van der Waals surface area (Å²) in [4.78, 5) is 0. The number of nitrogens with two attached hydrogens (primary N) is 1. The molecule has 1 heterocycles. The largest absolute Gasteiger partial charge is 0.398 e. The molecular weight excluding hydrogens is 166 g/mol. The fourth-order valence-corrected chi connectivity index (χ4v) is 1.51. The number of hydrogen-bond acceptors (Lipinski definition) is 3. The first-order valence-corrected chi connectivity index (χ1v) is 4.41. The summed E-state index contributed by atoms with van der Waals surface area (Å²) in [5, 5.41) is 0. The topological polar surface area (TPSA) is 44.5 Å². The standard InChI is InChI=1S/C10H13NO2/c11-9-4-2-1-3-8(9)10-5-6-12-7-13-10/h1-4,10H,5-7,11H2. The molecule has 0 spiro atoms. The SMILES string of the molecule is Nc1ccccc1C1CCOCO1. The first-order valence-electron chi connectivity index (χ1n) is 4.41. The Balaban J connectivity index is 2.18. The molecule has 1 aromatic carbocycles. The molecule has 1 saturated heterocycles. The van der Waals surface area contributed by atoms with E-state index in [-0.39, 0.29) is 6.10 Å². The van der Waals surface area contributed by atoms with E-state index in [1.165, 1.54) is 0 Å². The average molecular weight is 179 g/mol. The van der Waals surface area contributed by atoms with Crippen molar-refractivity contribution in [3.63, 3.8) is 0 Å². The molecule has 1 unspecified atom stereocenters. The van der Waals surface area contributed by atoms with Crippen molar-refractivity contribution < 1.29 is 9.47 Å². The van der Waals surface area contributed by atoms with Gasteiger partial charge in [-0.1, -0.05) is 18.2 Å². The van der Waals surface area contributed by atoms with E-state index in [4.69, 9.17) is 15.2 Å². The normalized spacial score (nSPS) is 22.9. The molecule has 0 amide bonds. The molecule has 0 bridgehead atoms. The fourth-order valence-electron chi connectivity index (χ4n) is 1.51. The molecule has 3 heteroatoms. The Hall–Kier alpha value is -1.06. The molecule has 1 aromatic rings. The molecule has 3 nitrogen and oxygen atoms in total. The number of anilines is 1. The summed E-state index contributed by atoms with van der Waals surface area (Å²) in [6, 6.07) is 7.81. The minimum Gasteiger partial charge on any atom is -0.398 e. The first kappa shape index (κ1) is 8.53. The lowest BCUT2D eigenvalue weighted by Crippen LogP contribution is -2.17. The maximum absolute atomic E-state index is 5.83. The molecule has 0 aromatic heterocycles. The highest BCUT2D eigenvalue weighted by Crippen LogP contribution is 2.28. The quantitative estimate of drug-likeness (QED) is 0.667. The molecule has 2 N–H and O–H groups in total. The van der Waals surface area contributed by atoms with Crippen molar-refractivity contribution in [1.82, 2.24) is 0 Å². The molecule has 2 rings (SSSR count). The lowest BCUT2D eigenvalue weighted by molar-refractivity contribution is -0.140. The van der Waals surface area contributed by atoms with Crippen LogP contribution in [0.25, 0.3) is 0 Å². The summed E-state index contributed by atoms with van der Waals surface area (Å²) in [6.45, 7) is 1.12. The monoisotopic (exact) mass is 179 g/mol. The van der Waals surface area contributed by atoms with E-state index in [0.717, 1.165) is 24.3 Å². The fraction of sp³-hybridized carbons (Fsp3) is 0.400. The summed E-state index contributed by atoms with van der Waals surface area (Å²) in [6.07, 6.45) is 0.990. The van der Waals surface area contributed by atoms with E-state index < -0.39 is 0 Å². The van der Waals surface area contributed by atoms with Crippen molar-refractivity contribution in [2.24, 2.45) is 0 Å². The number of nitrogen functional groups attached to an aromatic ring is 1. The van der Waals surface area contributed by atoms with Crippen molar-refractivity contribution in [2.75, 3.05) is 19.1 Å². The number of para-hydroxylation sites is 1. The Kier molecular flexibility index (Phi) is 2.47. The predicted molar refractivity (Wildman–Crippen MR) is 50.1 cm³/mol. The highest BCUT2D eigenvalue weighted by molar-refractivity contribution is 5.47. The van der Waals surface area contributed by atoms with Gasteiger partial charge in [0.05, 0.1) is 12.7 Å². The number of benzene rings is 1. The number of rotatable bonds is 1. The third-order valence-electron chi connectivity index (χ3n) is 2.22. The maximum atomic E-state index is 5.83. The average Bonchev–Trinajstić information content (AvgIpc) is 2.20. The van der Waals surface area contributed by atoms with Gasteiger partial charge in [0.2, 0.25) is 0 Å². The molecule has 1 aliphatic rings. The zero-order chi connectivity index (χ0) is 9.10. The van der Waals surface area contributed by atoms with Crippen LogP contribution in [0, 0.1) is 0 Å². The van der Waals surface area contributed by atoms with Crippen molar-refractivity contribution in [3.8, 4) is 0 Å². The minimum atomic E-state index is 0.106.